The van der Waals surface area contributed by atoms with Crippen molar-refractivity contribution >= 4 is 39.5 Å². The zero-order chi connectivity index (χ0) is 34.8. The van der Waals surface area contributed by atoms with Gasteiger partial charge in [-0.1, -0.05) is 38.8 Å². The highest BCUT2D eigenvalue weighted by atomic mass is 16.6. The maximum Gasteiger partial charge on any atom is 0.326 e. The maximum absolute atomic E-state index is 12.8. The number of hydrogen-bond acceptors (Lipinski definition) is 11. The standard InChI is InChI=1S/C37H39N7O6/c1-22-37(20-47-21-37)48-15-14-43(22)27-16-23(10-11-24-12-13-42(5)41-24)18-38-33(27)49-25-17-28(34(45)46)44(19-25)32-31-30(39-35(40-32)36(2,3)4)26-8-6-7-9-29(26)50-31/h6-9,12-13,16,18,22,25,28H,14-15,17,19-21H2,1-5H3,(H,45,46)/t22-,25-,28-/m0/s1. The normalized spacial score (nSPS) is 21.7. The van der Waals surface area contributed by atoms with E-state index in [4.69, 9.17) is 33.6 Å². The van der Waals surface area contributed by atoms with Crippen molar-refractivity contribution in [1.82, 2.24) is 24.7 Å². The van der Waals surface area contributed by atoms with Crippen LogP contribution in [0.2, 0.25) is 0 Å². The van der Waals surface area contributed by atoms with Gasteiger partial charge in [0, 0.05) is 48.8 Å². The van der Waals surface area contributed by atoms with Crippen LogP contribution in [0.5, 0.6) is 5.88 Å². The molecule has 50 heavy (non-hydrogen) atoms. The topological polar surface area (TPSA) is 141 Å². The molecule has 1 aromatic carbocycles. The number of aryl methyl sites for hydroxylation is 1. The molecule has 3 atom stereocenters. The molecule has 5 aromatic rings. The van der Waals surface area contributed by atoms with Crippen LogP contribution in [0, 0.1) is 11.8 Å². The predicted molar refractivity (Wildman–Crippen MR) is 186 cm³/mol. The van der Waals surface area contributed by atoms with Gasteiger partial charge in [0.2, 0.25) is 5.88 Å². The molecule has 0 bridgehead atoms. The van der Waals surface area contributed by atoms with Crippen LogP contribution in [-0.2, 0) is 26.7 Å². The number of ether oxygens (including phenoxy) is 3. The van der Waals surface area contributed by atoms with Crippen molar-refractivity contribution < 1.29 is 28.5 Å². The van der Waals surface area contributed by atoms with Crippen molar-refractivity contribution in [3.63, 3.8) is 0 Å². The van der Waals surface area contributed by atoms with Gasteiger partial charge in [-0.15, -0.1) is 0 Å². The van der Waals surface area contributed by atoms with Crippen LogP contribution in [-0.4, -0.2) is 92.5 Å². The first-order valence-electron chi connectivity index (χ1n) is 16.8. The van der Waals surface area contributed by atoms with E-state index >= 15 is 0 Å². The smallest absolute Gasteiger partial charge is 0.326 e. The van der Waals surface area contributed by atoms with Crippen molar-refractivity contribution in [2.24, 2.45) is 7.05 Å². The number of morpholine rings is 1. The highest BCUT2D eigenvalue weighted by Gasteiger charge is 2.50. The SMILES string of the molecule is C[C@@H]1N(c2cc(C#Cc3ccn(C)n3)cnc2O[C@H]2C[C@@H](C(=O)O)N(c3nc(C(C)(C)C)nc4c3oc3ccccc34)C2)CCOC12COC2. The molecule has 0 amide bonds. The number of carboxylic acids is 1. The molecule has 0 saturated carbocycles. The van der Waals surface area contributed by atoms with E-state index < -0.39 is 29.1 Å². The first kappa shape index (κ1) is 32.0. The Morgan fingerprint density at radius 2 is 1.94 bits per heavy atom. The number of pyridine rings is 1. The third-order valence-corrected chi connectivity index (χ3v) is 9.80. The number of fused-ring (bicyclic) bond motifs is 3. The van der Waals surface area contributed by atoms with Crippen LogP contribution in [0.1, 0.15) is 51.2 Å². The zero-order valence-electron chi connectivity index (χ0n) is 28.7. The average molecular weight is 678 g/mol. The molecule has 3 fully saturated rings. The summed E-state index contributed by atoms with van der Waals surface area (Å²) in [6.45, 7) is 10.6. The zero-order valence-corrected chi connectivity index (χ0v) is 28.7. The largest absolute Gasteiger partial charge is 0.480 e. The van der Waals surface area contributed by atoms with Gasteiger partial charge in [0.05, 0.1) is 32.4 Å². The quantitative estimate of drug-likeness (QED) is 0.265. The summed E-state index contributed by atoms with van der Waals surface area (Å²) in [4.78, 5) is 31.5. The summed E-state index contributed by atoms with van der Waals surface area (Å²) >= 11 is 0. The Morgan fingerprint density at radius 3 is 2.66 bits per heavy atom. The molecule has 258 valence electrons. The maximum atomic E-state index is 12.8. The van der Waals surface area contributed by atoms with Gasteiger partial charge in [0.15, 0.2) is 11.4 Å². The molecule has 3 saturated heterocycles. The molecule has 0 unspecified atom stereocenters. The van der Waals surface area contributed by atoms with Gasteiger partial charge in [0.25, 0.3) is 0 Å². The van der Waals surface area contributed by atoms with E-state index in [2.05, 4.69) is 28.8 Å². The molecule has 3 aliphatic rings. The Morgan fingerprint density at radius 1 is 1.12 bits per heavy atom. The molecule has 3 aliphatic heterocycles. The van der Waals surface area contributed by atoms with Crippen LogP contribution < -0.4 is 14.5 Å². The third kappa shape index (κ3) is 5.58. The van der Waals surface area contributed by atoms with E-state index in [1.165, 1.54) is 0 Å². The second kappa shape index (κ2) is 12.0. The summed E-state index contributed by atoms with van der Waals surface area (Å²) in [5.74, 6) is 6.78. The van der Waals surface area contributed by atoms with Gasteiger partial charge in [-0.25, -0.2) is 19.7 Å². The fraction of sp³-hybridized carbons (Fsp3) is 0.432. The average Bonchev–Trinajstić information content (AvgIpc) is 3.79. The van der Waals surface area contributed by atoms with E-state index in [0.717, 1.165) is 11.1 Å². The lowest BCUT2D eigenvalue weighted by atomic mass is 9.90. The molecule has 1 spiro atoms. The van der Waals surface area contributed by atoms with Gasteiger partial charge >= 0.3 is 5.97 Å². The van der Waals surface area contributed by atoms with Crippen molar-refractivity contribution in [2.45, 2.75) is 63.3 Å². The minimum Gasteiger partial charge on any atom is -0.480 e. The highest BCUT2D eigenvalue weighted by Crippen LogP contribution is 2.41. The lowest BCUT2D eigenvalue weighted by Crippen LogP contribution is -2.68. The molecule has 4 aromatic heterocycles. The first-order valence-corrected chi connectivity index (χ1v) is 16.8. The summed E-state index contributed by atoms with van der Waals surface area (Å²) in [7, 11) is 1.85. The number of rotatable bonds is 5. The lowest BCUT2D eigenvalue weighted by Gasteiger charge is -2.53. The van der Waals surface area contributed by atoms with E-state index in [9.17, 15) is 9.90 Å². The Labute approximate surface area is 289 Å². The minimum absolute atomic E-state index is 0.0294. The molecular formula is C37H39N7O6. The van der Waals surface area contributed by atoms with Crippen LogP contribution in [0.3, 0.4) is 0 Å². The molecule has 8 rings (SSSR count). The molecule has 0 radical (unpaired) electrons. The second-order valence-electron chi connectivity index (χ2n) is 14.3. The number of carbonyl (C=O) groups is 1. The van der Waals surface area contributed by atoms with Crippen molar-refractivity contribution in [3.8, 4) is 17.7 Å². The molecule has 7 heterocycles. The number of hydrogen-bond donors (Lipinski definition) is 1. The highest BCUT2D eigenvalue weighted by molar-refractivity contribution is 6.06. The van der Waals surface area contributed by atoms with E-state index in [-0.39, 0.29) is 19.0 Å². The summed E-state index contributed by atoms with van der Waals surface area (Å²) in [5.41, 5.74) is 3.09. The number of carboxylic acid groups (broad SMARTS) is 1. The van der Waals surface area contributed by atoms with Crippen molar-refractivity contribution in [3.05, 3.63) is 65.9 Å². The molecule has 13 nitrogen and oxygen atoms in total. The second-order valence-corrected chi connectivity index (χ2v) is 14.3. The molecular weight excluding hydrogens is 638 g/mol. The Bertz CT molecular complexity index is 2170. The number of para-hydroxylation sites is 1. The third-order valence-electron chi connectivity index (χ3n) is 9.80. The van der Waals surface area contributed by atoms with Gasteiger partial charge < -0.3 is 33.5 Å². The predicted octanol–water partition coefficient (Wildman–Crippen LogP) is 4.31. The van der Waals surface area contributed by atoms with Gasteiger partial charge in [0.1, 0.15) is 46.1 Å². The number of nitrogens with zero attached hydrogens (tertiary/aromatic N) is 7. The number of benzene rings is 1. The minimum atomic E-state index is -0.974. The fourth-order valence-electron chi connectivity index (χ4n) is 6.94. The van der Waals surface area contributed by atoms with E-state index in [1.807, 2.05) is 70.4 Å². The summed E-state index contributed by atoms with van der Waals surface area (Å²) in [6, 6.07) is 10.6. The number of aliphatic carboxylic acids is 1. The molecule has 1 N–H and O–H groups in total. The van der Waals surface area contributed by atoms with Crippen LogP contribution >= 0.6 is 0 Å². The summed E-state index contributed by atoms with van der Waals surface area (Å²) in [6.07, 6.45) is 3.23. The van der Waals surface area contributed by atoms with Crippen molar-refractivity contribution in [2.75, 3.05) is 42.7 Å². The van der Waals surface area contributed by atoms with Crippen LogP contribution in [0.25, 0.3) is 22.1 Å². The number of furan rings is 1. The lowest BCUT2D eigenvalue weighted by molar-refractivity contribution is -0.228. The Balaban J connectivity index is 1.16. The van der Waals surface area contributed by atoms with Crippen LogP contribution in [0.4, 0.5) is 11.5 Å². The van der Waals surface area contributed by atoms with Gasteiger partial charge in [-0.2, -0.15) is 5.10 Å². The van der Waals surface area contributed by atoms with Gasteiger partial charge in [-0.3, -0.25) is 4.68 Å². The van der Waals surface area contributed by atoms with E-state index in [1.54, 1.807) is 15.8 Å². The number of anilines is 2. The monoisotopic (exact) mass is 677 g/mol. The van der Waals surface area contributed by atoms with Crippen LogP contribution in [0.15, 0.2) is 53.2 Å². The Hall–Kier alpha value is -5.19. The fourth-order valence-corrected chi connectivity index (χ4v) is 6.94. The number of aromatic nitrogens is 5. The first-order chi connectivity index (χ1) is 24.0. The van der Waals surface area contributed by atoms with Gasteiger partial charge in [-0.05, 0) is 37.1 Å². The van der Waals surface area contributed by atoms with E-state index in [0.29, 0.717) is 71.8 Å². The summed E-state index contributed by atoms with van der Waals surface area (Å²) in [5, 5.41) is 15.7. The molecule has 13 heteroatoms. The molecule has 0 aliphatic carbocycles. The Kier molecular flexibility index (Phi) is 7.69. The summed E-state index contributed by atoms with van der Waals surface area (Å²) < 4.78 is 26.5. The van der Waals surface area contributed by atoms with Crippen molar-refractivity contribution in [1.29, 1.82) is 0 Å².